The number of aryl methyl sites for hydroxylation is 1. The molecule has 6 heteroatoms. The fraction of sp³-hybridized carbons (Fsp3) is 0.286. The first-order valence-corrected chi connectivity index (χ1v) is 7.11. The molecule has 2 aromatic rings. The van der Waals surface area contributed by atoms with Crippen LogP contribution < -0.4 is 10.1 Å². The van der Waals surface area contributed by atoms with E-state index in [-0.39, 0.29) is 5.56 Å². The van der Waals surface area contributed by atoms with Crippen LogP contribution in [0.1, 0.15) is 21.1 Å². The van der Waals surface area contributed by atoms with Gasteiger partial charge in [-0.15, -0.1) is 11.3 Å². The van der Waals surface area contributed by atoms with E-state index in [1.54, 1.807) is 23.5 Å². The minimum absolute atomic E-state index is 0.259. The Morgan fingerprint density at radius 3 is 2.75 bits per heavy atom. The molecule has 0 aliphatic heterocycles. The first-order chi connectivity index (χ1) is 9.65. The molecule has 106 valence electrons. The summed E-state index contributed by atoms with van der Waals surface area (Å²) >= 11 is 1.64. The second-order valence-corrected chi connectivity index (χ2v) is 5.27. The maximum atomic E-state index is 10.7. The molecule has 2 rings (SSSR count). The molecule has 0 aliphatic rings. The number of carboxylic acid groups (broad SMARTS) is 1. The van der Waals surface area contributed by atoms with Gasteiger partial charge in [0.25, 0.3) is 0 Å². The highest BCUT2D eigenvalue weighted by atomic mass is 32.1. The Kier molecular flexibility index (Phi) is 5.09. The molecule has 0 bridgehead atoms. The Balaban J connectivity index is 1.66. The predicted molar refractivity (Wildman–Crippen MR) is 77.5 cm³/mol. The highest BCUT2D eigenvalue weighted by Gasteiger charge is 2.02. The van der Waals surface area contributed by atoms with Crippen molar-refractivity contribution in [1.29, 1.82) is 0 Å². The fourth-order valence-corrected chi connectivity index (χ4v) is 2.25. The maximum Gasteiger partial charge on any atom is 0.335 e. The number of aromatic carboxylic acids is 1. The van der Waals surface area contributed by atoms with Gasteiger partial charge in [-0.05, 0) is 31.2 Å². The number of aromatic nitrogens is 1. The predicted octanol–water partition coefficient (Wildman–Crippen LogP) is 2.32. The summed E-state index contributed by atoms with van der Waals surface area (Å²) in [5.74, 6) is -0.266. The lowest BCUT2D eigenvalue weighted by molar-refractivity contribution is 0.0697. The summed E-state index contributed by atoms with van der Waals surface area (Å²) in [5, 5.41) is 15.1. The van der Waals surface area contributed by atoms with Gasteiger partial charge >= 0.3 is 5.97 Å². The van der Waals surface area contributed by atoms with E-state index in [1.165, 1.54) is 12.1 Å². The van der Waals surface area contributed by atoms with Crippen LogP contribution in [0.5, 0.6) is 5.75 Å². The summed E-state index contributed by atoms with van der Waals surface area (Å²) in [6, 6.07) is 6.38. The van der Waals surface area contributed by atoms with Crippen molar-refractivity contribution in [2.45, 2.75) is 13.5 Å². The van der Waals surface area contributed by atoms with Gasteiger partial charge in [-0.1, -0.05) is 0 Å². The van der Waals surface area contributed by atoms with Gasteiger partial charge in [-0.3, -0.25) is 0 Å². The highest BCUT2D eigenvalue weighted by molar-refractivity contribution is 7.09. The molecule has 2 N–H and O–H groups in total. The third-order valence-electron chi connectivity index (χ3n) is 2.62. The minimum Gasteiger partial charge on any atom is -0.492 e. The molecule has 0 amide bonds. The number of thiazole rings is 1. The van der Waals surface area contributed by atoms with Crippen molar-refractivity contribution in [2.24, 2.45) is 0 Å². The number of ether oxygens (including phenoxy) is 1. The molecule has 1 aromatic heterocycles. The number of nitrogens with one attached hydrogen (secondary N) is 1. The monoisotopic (exact) mass is 292 g/mol. The molecule has 0 atom stereocenters. The number of hydrogen-bond acceptors (Lipinski definition) is 5. The van der Waals surface area contributed by atoms with E-state index in [0.29, 0.717) is 18.9 Å². The van der Waals surface area contributed by atoms with Crippen LogP contribution >= 0.6 is 11.3 Å². The van der Waals surface area contributed by atoms with Crippen molar-refractivity contribution in [3.63, 3.8) is 0 Å². The van der Waals surface area contributed by atoms with Gasteiger partial charge in [0.15, 0.2) is 0 Å². The van der Waals surface area contributed by atoms with Gasteiger partial charge in [0.05, 0.1) is 16.3 Å². The summed E-state index contributed by atoms with van der Waals surface area (Å²) in [4.78, 5) is 15.0. The van der Waals surface area contributed by atoms with E-state index in [4.69, 9.17) is 9.84 Å². The lowest BCUT2D eigenvalue weighted by Crippen LogP contribution is -2.20. The van der Waals surface area contributed by atoms with E-state index in [0.717, 1.165) is 17.2 Å². The van der Waals surface area contributed by atoms with Crippen LogP contribution in [-0.4, -0.2) is 29.2 Å². The molecule has 0 unspecified atom stereocenters. The highest BCUT2D eigenvalue weighted by Crippen LogP contribution is 2.12. The lowest BCUT2D eigenvalue weighted by atomic mass is 10.2. The molecular weight excluding hydrogens is 276 g/mol. The first kappa shape index (κ1) is 14.5. The topological polar surface area (TPSA) is 71.5 Å². The normalized spacial score (nSPS) is 10.4. The zero-order valence-electron chi connectivity index (χ0n) is 11.1. The second-order valence-electron chi connectivity index (χ2n) is 4.21. The largest absolute Gasteiger partial charge is 0.492 e. The van der Waals surface area contributed by atoms with Crippen LogP contribution in [0, 0.1) is 6.92 Å². The quantitative estimate of drug-likeness (QED) is 0.766. The Labute approximate surface area is 121 Å². The van der Waals surface area contributed by atoms with Crippen molar-refractivity contribution in [3.8, 4) is 5.75 Å². The van der Waals surface area contributed by atoms with Crippen LogP contribution in [0.25, 0.3) is 0 Å². The Bertz CT molecular complexity index is 566. The van der Waals surface area contributed by atoms with Crippen molar-refractivity contribution in [3.05, 3.63) is 45.9 Å². The third-order valence-corrected chi connectivity index (χ3v) is 3.44. The Morgan fingerprint density at radius 1 is 1.40 bits per heavy atom. The van der Waals surface area contributed by atoms with E-state index >= 15 is 0 Å². The Morgan fingerprint density at radius 2 is 2.15 bits per heavy atom. The van der Waals surface area contributed by atoms with E-state index in [9.17, 15) is 4.79 Å². The van der Waals surface area contributed by atoms with Gasteiger partial charge in [0.1, 0.15) is 12.4 Å². The average molecular weight is 292 g/mol. The molecule has 20 heavy (non-hydrogen) atoms. The molecule has 0 radical (unpaired) electrons. The molecule has 5 nitrogen and oxygen atoms in total. The zero-order valence-corrected chi connectivity index (χ0v) is 11.9. The number of benzene rings is 1. The van der Waals surface area contributed by atoms with Crippen LogP contribution in [0.15, 0.2) is 29.6 Å². The fourth-order valence-electron chi connectivity index (χ4n) is 1.64. The maximum absolute atomic E-state index is 10.7. The van der Waals surface area contributed by atoms with E-state index in [1.807, 2.05) is 12.3 Å². The molecule has 0 saturated heterocycles. The molecule has 0 fully saturated rings. The van der Waals surface area contributed by atoms with Crippen molar-refractivity contribution >= 4 is 17.3 Å². The minimum atomic E-state index is -0.934. The van der Waals surface area contributed by atoms with Crippen LogP contribution in [0.4, 0.5) is 0 Å². The SMILES string of the molecule is Cc1nc(CNCCOc2ccc(C(=O)O)cc2)cs1. The summed E-state index contributed by atoms with van der Waals surface area (Å²) in [6.07, 6.45) is 0. The third kappa shape index (κ3) is 4.32. The summed E-state index contributed by atoms with van der Waals surface area (Å²) in [6.45, 7) is 3.94. The van der Waals surface area contributed by atoms with Crippen molar-refractivity contribution in [2.75, 3.05) is 13.2 Å². The van der Waals surface area contributed by atoms with Crippen LogP contribution in [0.2, 0.25) is 0 Å². The Hall–Kier alpha value is -1.92. The summed E-state index contributed by atoms with van der Waals surface area (Å²) in [5.41, 5.74) is 1.30. The second kappa shape index (κ2) is 7.02. The zero-order chi connectivity index (χ0) is 14.4. The van der Waals surface area contributed by atoms with Gasteiger partial charge in [0, 0.05) is 18.5 Å². The number of carbonyl (C=O) groups is 1. The standard InChI is InChI=1S/C14H16N2O3S/c1-10-16-12(9-20-10)8-15-6-7-19-13-4-2-11(3-5-13)14(17)18/h2-5,9,15H,6-8H2,1H3,(H,17,18). The van der Waals surface area contributed by atoms with Crippen LogP contribution in [-0.2, 0) is 6.54 Å². The molecule has 1 aromatic carbocycles. The molecule has 1 heterocycles. The van der Waals surface area contributed by atoms with Gasteiger partial charge < -0.3 is 15.2 Å². The molecule has 0 saturated carbocycles. The first-order valence-electron chi connectivity index (χ1n) is 6.23. The lowest BCUT2D eigenvalue weighted by Gasteiger charge is -2.07. The van der Waals surface area contributed by atoms with E-state index < -0.39 is 5.97 Å². The summed E-state index contributed by atoms with van der Waals surface area (Å²) < 4.78 is 5.51. The van der Waals surface area contributed by atoms with Gasteiger partial charge in [0.2, 0.25) is 0 Å². The van der Waals surface area contributed by atoms with Crippen molar-refractivity contribution < 1.29 is 14.6 Å². The van der Waals surface area contributed by atoms with Crippen molar-refractivity contribution in [1.82, 2.24) is 10.3 Å². The molecule has 0 spiro atoms. The van der Waals surface area contributed by atoms with Gasteiger partial charge in [-0.2, -0.15) is 0 Å². The molecule has 0 aliphatic carbocycles. The van der Waals surface area contributed by atoms with E-state index in [2.05, 4.69) is 10.3 Å². The number of nitrogens with zero attached hydrogens (tertiary/aromatic N) is 1. The molecular formula is C14H16N2O3S. The van der Waals surface area contributed by atoms with Gasteiger partial charge in [-0.25, -0.2) is 9.78 Å². The number of carboxylic acids is 1. The average Bonchev–Trinajstić information content (AvgIpc) is 2.84. The smallest absolute Gasteiger partial charge is 0.335 e. The number of rotatable bonds is 7. The summed E-state index contributed by atoms with van der Waals surface area (Å²) in [7, 11) is 0. The number of hydrogen-bond donors (Lipinski definition) is 2. The van der Waals surface area contributed by atoms with Crippen LogP contribution in [0.3, 0.4) is 0 Å².